The minimum atomic E-state index is 0.411. The van der Waals surface area contributed by atoms with Crippen LogP contribution in [0.2, 0.25) is 0 Å². The molecule has 94 valence electrons. The zero-order valence-electron chi connectivity index (χ0n) is 10.6. The Morgan fingerprint density at radius 2 is 2.24 bits per heavy atom. The Kier molecular flexibility index (Phi) is 4.46. The lowest BCUT2D eigenvalue weighted by molar-refractivity contribution is 0.346. The van der Waals surface area contributed by atoms with Crippen LogP contribution in [0.15, 0.2) is 16.6 Å². The average molecular weight is 298 g/mol. The number of hydrogen-bond acceptors (Lipinski definition) is 2. The Hall–Kier alpha value is -0.540. The first kappa shape index (κ1) is 12.9. The Balaban J connectivity index is 2.35. The lowest BCUT2D eigenvalue weighted by Gasteiger charge is -2.20. The van der Waals surface area contributed by atoms with E-state index >= 15 is 0 Å². The van der Waals surface area contributed by atoms with Crippen molar-refractivity contribution in [3.8, 4) is 5.75 Å². The van der Waals surface area contributed by atoms with Crippen LogP contribution in [0.4, 0.5) is 0 Å². The van der Waals surface area contributed by atoms with Gasteiger partial charge in [0, 0.05) is 22.5 Å². The van der Waals surface area contributed by atoms with E-state index in [1.165, 1.54) is 17.5 Å². The highest BCUT2D eigenvalue weighted by Crippen LogP contribution is 2.37. The maximum Gasteiger partial charge on any atom is 0.127 e. The molecule has 3 heteroatoms. The quantitative estimate of drug-likeness (QED) is 0.892. The second-order valence-corrected chi connectivity index (χ2v) is 5.40. The van der Waals surface area contributed by atoms with Crippen molar-refractivity contribution < 1.29 is 4.74 Å². The molecule has 1 N–H and O–H groups in total. The van der Waals surface area contributed by atoms with Gasteiger partial charge in [-0.2, -0.15) is 0 Å². The topological polar surface area (TPSA) is 21.3 Å². The number of benzene rings is 1. The van der Waals surface area contributed by atoms with Crippen LogP contribution in [0.1, 0.15) is 43.9 Å². The Morgan fingerprint density at radius 1 is 1.41 bits per heavy atom. The van der Waals surface area contributed by atoms with Crippen LogP contribution in [0.5, 0.6) is 5.75 Å². The summed E-state index contributed by atoms with van der Waals surface area (Å²) in [5.74, 6) is 1.12. The first-order chi connectivity index (χ1) is 8.26. The Bertz CT molecular complexity index is 386. The van der Waals surface area contributed by atoms with Crippen LogP contribution in [0, 0.1) is 0 Å². The summed E-state index contributed by atoms with van der Waals surface area (Å²) < 4.78 is 6.96. The molecule has 1 aromatic rings. The summed E-state index contributed by atoms with van der Waals surface area (Å²) in [6.07, 6.45) is 3.37. The Labute approximate surface area is 112 Å². The molecule has 0 aromatic heterocycles. The summed E-state index contributed by atoms with van der Waals surface area (Å²) >= 11 is 3.60. The van der Waals surface area contributed by atoms with Crippen LogP contribution in [-0.4, -0.2) is 13.2 Å². The van der Waals surface area contributed by atoms with Gasteiger partial charge in [-0.3, -0.25) is 0 Å². The molecule has 0 amide bonds. The van der Waals surface area contributed by atoms with E-state index in [-0.39, 0.29) is 0 Å². The van der Waals surface area contributed by atoms with E-state index in [0.29, 0.717) is 6.04 Å². The van der Waals surface area contributed by atoms with Gasteiger partial charge in [0.2, 0.25) is 0 Å². The van der Waals surface area contributed by atoms with E-state index in [1.807, 2.05) is 0 Å². The van der Waals surface area contributed by atoms with Crippen molar-refractivity contribution in [1.29, 1.82) is 0 Å². The zero-order chi connectivity index (χ0) is 12.3. The molecule has 0 radical (unpaired) electrons. The minimum Gasteiger partial charge on any atom is -0.493 e. The molecule has 0 bridgehead atoms. The van der Waals surface area contributed by atoms with E-state index in [4.69, 9.17) is 4.74 Å². The Morgan fingerprint density at radius 3 is 2.94 bits per heavy atom. The van der Waals surface area contributed by atoms with Crippen molar-refractivity contribution in [1.82, 2.24) is 5.32 Å². The van der Waals surface area contributed by atoms with Crippen LogP contribution in [-0.2, 0) is 6.42 Å². The van der Waals surface area contributed by atoms with E-state index in [0.717, 1.165) is 36.2 Å². The van der Waals surface area contributed by atoms with Gasteiger partial charge in [-0.15, -0.1) is 0 Å². The van der Waals surface area contributed by atoms with Crippen LogP contribution < -0.4 is 10.1 Å². The first-order valence-corrected chi connectivity index (χ1v) is 7.24. The molecule has 1 atom stereocenters. The number of hydrogen-bond donors (Lipinski definition) is 1. The van der Waals surface area contributed by atoms with Gasteiger partial charge in [0.25, 0.3) is 0 Å². The van der Waals surface area contributed by atoms with Gasteiger partial charge in [-0.05, 0) is 30.7 Å². The lowest BCUT2D eigenvalue weighted by Crippen LogP contribution is -2.21. The molecule has 0 aliphatic carbocycles. The zero-order valence-corrected chi connectivity index (χ0v) is 12.1. The van der Waals surface area contributed by atoms with Crippen molar-refractivity contribution in [2.75, 3.05) is 13.2 Å². The number of nitrogens with one attached hydrogen (secondary N) is 1. The number of rotatable bonds is 5. The van der Waals surface area contributed by atoms with E-state index < -0.39 is 0 Å². The predicted octanol–water partition coefficient (Wildman–Crippen LogP) is 3.83. The first-order valence-electron chi connectivity index (χ1n) is 6.44. The fraction of sp³-hybridized carbons (Fsp3) is 0.571. The smallest absolute Gasteiger partial charge is 0.127 e. The molecular formula is C14H20BrNO. The van der Waals surface area contributed by atoms with Crippen molar-refractivity contribution >= 4 is 15.9 Å². The summed E-state index contributed by atoms with van der Waals surface area (Å²) in [5, 5.41) is 3.56. The highest BCUT2D eigenvalue weighted by atomic mass is 79.9. The SMILES string of the molecule is CCCC(NCC)c1cc(Br)cc2c1OCC2. The molecule has 1 aromatic carbocycles. The average Bonchev–Trinajstić information content (AvgIpc) is 2.75. The van der Waals surface area contributed by atoms with E-state index in [2.05, 4.69) is 47.2 Å². The summed E-state index contributed by atoms with van der Waals surface area (Å²) in [5.41, 5.74) is 2.66. The van der Waals surface area contributed by atoms with Gasteiger partial charge >= 0.3 is 0 Å². The third kappa shape index (κ3) is 2.83. The normalized spacial score (nSPS) is 15.5. The fourth-order valence-corrected chi connectivity index (χ4v) is 2.98. The third-order valence-corrected chi connectivity index (χ3v) is 3.64. The molecule has 0 saturated carbocycles. The number of halogens is 1. The molecule has 0 fully saturated rings. The number of fused-ring (bicyclic) bond motifs is 1. The van der Waals surface area contributed by atoms with Crippen LogP contribution in [0.25, 0.3) is 0 Å². The van der Waals surface area contributed by atoms with Gasteiger partial charge in [0.1, 0.15) is 5.75 Å². The number of ether oxygens (including phenoxy) is 1. The molecule has 0 saturated heterocycles. The third-order valence-electron chi connectivity index (χ3n) is 3.18. The summed E-state index contributed by atoms with van der Waals surface area (Å²) in [7, 11) is 0. The van der Waals surface area contributed by atoms with Crippen molar-refractivity contribution in [2.45, 2.75) is 39.2 Å². The van der Waals surface area contributed by atoms with Gasteiger partial charge in [0.05, 0.1) is 6.61 Å². The second-order valence-electron chi connectivity index (χ2n) is 4.48. The van der Waals surface area contributed by atoms with Crippen LogP contribution >= 0.6 is 15.9 Å². The fourth-order valence-electron chi connectivity index (χ4n) is 2.46. The van der Waals surface area contributed by atoms with Crippen molar-refractivity contribution in [2.24, 2.45) is 0 Å². The maximum atomic E-state index is 5.80. The van der Waals surface area contributed by atoms with Gasteiger partial charge < -0.3 is 10.1 Å². The van der Waals surface area contributed by atoms with Gasteiger partial charge in [-0.25, -0.2) is 0 Å². The molecule has 0 spiro atoms. The van der Waals surface area contributed by atoms with Crippen LogP contribution in [0.3, 0.4) is 0 Å². The molecule has 1 unspecified atom stereocenters. The predicted molar refractivity (Wildman–Crippen MR) is 74.7 cm³/mol. The molecular weight excluding hydrogens is 278 g/mol. The molecule has 17 heavy (non-hydrogen) atoms. The minimum absolute atomic E-state index is 0.411. The van der Waals surface area contributed by atoms with Crippen molar-refractivity contribution in [3.63, 3.8) is 0 Å². The lowest BCUT2D eigenvalue weighted by atomic mass is 9.98. The highest BCUT2D eigenvalue weighted by molar-refractivity contribution is 9.10. The summed E-state index contributed by atoms with van der Waals surface area (Å²) in [6, 6.07) is 4.79. The molecule has 1 heterocycles. The van der Waals surface area contributed by atoms with E-state index in [1.54, 1.807) is 0 Å². The largest absolute Gasteiger partial charge is 0.493 e. The summed E-state index contributed by atoms with van der Waals surface area (Å²) in [6.45, 7) is 6.20. The molecule has 1 aliphatic heterocycles. The van der Waals surface area contributed by atoms with Gasteiger partial charge in [-0.1, -0.05) is 36.2 Å². The molecule has 2 rings (SSSR count). The van der Waals surface area contributed by atoms with E-state index in [9.17, 15) is 0 Å². The molecule has 1 aliphatic rings. The monoisotopic (exact) mass is 297 g/mol. The maximum absolute atomic E-state index is 5.80. The van der Waals surface area contributed by atoms with Crippen molar-refractivity contribution in [3.05, 3.63) is 27.7 Å². The second kappa shape index (κ2) is 5.87. The van der Waals surface area contributed by atoms with Gasteiger partial charge in [0.15, 0.2) is 0 Å². The summed E-state index contributed by atoms with van der Waals surface area (Å²) in [4.78, 5) is 0. The highest BCUT2D eigenvalue weighted by Gasteiger charge is 2.22. The molecule has 2 nitrogen and oxygen atoms in total. The standard InChI is InChI=1S/C14H20BrNO/c1-3-5-13(16-4-2)12-9-11(15)8-10-6-7-17-14(10)12/h8-9,13,16H,3-7H2,1-2H3.